The fraction of sp³-hybridized carbons (Fsp3) is 0.250. The summed E-state index contributed by atoms with van der Waals surface area (Å²) >= 11 is 1.42. The van der Waals surface area contributed by atoms with E-state index in [0.717, 1.165) is 0 Å². The molecule has 2 unspecified atom stereocenters. The number of nitrogens with zero attached hydrogens (tertiary/aromatic N) is 2. The van der Waals surface area contributed by atoms with Crippen LogP contribution in [0.1, 0.15) is 17.2 Å². The van der Waals surface area contributed by atoms with Gasteiger partial charge in [0.25, 0.3) is 5.69 Å². The molecule has 8 heteroatoms. The minimum Gasteiger partial charge on any atom is -0.480 e. The zero-order valence-corrected chi connectivity index (χ0v) is 13.8. The molecular weight excluding hydrogens is 330 g/mol. The highest BCUT2D eigenvalue weighted by molar-refractivity contribution is 7.98. The van der Waals surface area contributed by atoms with Gasteiger partial charge in [0, 0.05) is 30.0 Å². The topological polar surface area (TPSA) is 119 Å². The molecular formula is C16H17N3O4S. The van der Waals surface area contributed by atoms with Crippen molar-refractivity contribution in [3.05, 3.63) is 70.0 Å². The van der Waals surface area contributed by atoms with Gasteiger partial charge in [0.2, 0.25) is 0 Å². The quantitative estimate of drug-likeness (QED) is 0.583. The number of nitrogens with two attached hydrogens (primary N) is 1. The molecule has 3 N–H and O–H groups in total. The zero-order chi connectivity index (χ0) is 17.7. The lowest BCUT2D eigenvalue weighted by Gasteiger charge is -2.33. The molecule has 0 saturated carbocycles. The third-order valence-corrected chi connectivity index (χ3v) is 4.48. The molecule has 0 spiro atoms. The van der Waals surface area contributed by atoms with Crippen LogP contribution in [0.3, 0.4) is 0 Å². The summed E-state index contributed by atoms with van der Waals surface area (Å²) in [5, 5.41) is 20.8. The van der Waals surface area contributed by atoms with E-state index in [1.165, 1.54) is 36.2 Å². The van der Waals surface area contributed by atoms with Gasteiger partial charge in [-0.05, 0) is 24.0 Å². The summed E-state index contributed by atoms with van der Waals surface area (Å²) in [6, 6.07) is 10.8. The first-order valence-electron chi connectivity index (χ1n) is 7.08. The first-order valence-corrected chi connectivity index (χ1v) is 8.47. The van der Waals surface area contributed by atoms with E-state index in [-0.39, 0.29) is 11.4 Å². The number of carboxylic acids is 1. The van der Waals surface area contributed by atoms with E-state index < -0.39 is 22.3 Å². The maximum absolute atomic E-state index is 12.0. The van der Waals surface area contributed by atoms with E-state index in [1.807, 2.05) is 6.26 Å². The molecule has 0 aliphatic carbocycles. The van der Waals surface area contributed by atoms with Crippen LogP contribution in [0.5, 0.6) is 0 Å². The first-order chi connectivity index (χ1) is 11.4. The molecule has 0 aliphatic rings. The Hall–Kier alpha value is -2.45. The van der Waals surface area contributed by atoms with Crippen molar-refractivity contribution in [2.75, 3.05) is 12.0 Å². The van der Waals surface area contributed by atoms with Gasteiger partial charge in [-0.15, -0.1) is 0 Å². The Morgan fingerprint density at radius 2 is 2.17 bits per heavy atom. The maximum Gasteiger partial charge on any atom is 0.330 e. The van der Waals surface area contributed by atoms with Gasteiger partial charge in [-0.3, -0.25) is 15.1 Å². The summed E-state index contributed by atoms with van der Waals surface area (Å²) in [5.41, 5.74) is 5.11. The number of nitro groups is 1. The monoisotopic (exact) mass is 347 g/mol. The lowest BCUT2D eigenvalue weighted by Crippen LogP contribution is -2.51. The van der Waals surface area contributed by atoms with Gasteiger partial charge in [0.15, 0.2) is 5.54 Å². The molecule has 0 amide bonds. The summed E-state index contributed by atoms with van der Waals surface area (Å²) < 4.78 is 0. The fourth-order valence-electron chi connectivity index (χ4n) is 2.56. The minimum atomic E-state index is -1.79. The molecule has 0 saturated heterocycles. The third-order valence-electron chi connectivity index (χ3n) is 3.81. The van der Waals surface area contributed by atoms with Crippen LogP contribution in [0.4, 0.5) is 5.69 Å². The number of carbonyl (C=O) groups is 1. The van der Waals surface area contributed by atoms with Crippen molar-refractivity contribution in [2.45, 2.75) is 11.5 Å². The van der Waals surface area contributed by atoms with Crippen molar-refractivity contribution in [3.8, 4) is 0 Å². The second-order valence-electron chi connectivity index (χ2n) is 5.25. The molecule has 24 heavy (non-hydrogen) atoms. The van der Waals surface area contributed by atoms with Crippen LogP contribution in [-0.2, 0) is 10.3 Å². The average Bonchev–Trinajstić information content (AvgIpc) is 2.59. The van der Waals surface area contributed by atoms with Crippen LogP contribution in [-0.4, -0.2) is 33.0 Å². The van der Waals surface area contributed by atoms with Gasteiger partial charge in [0.1, 0.15) is 0 Å². The van der Waals surface area contributed by atoms with Gasteiger partial charge < -0.3 is 10.8 Å². The van der Waals surface area contributed by atoms with Gasteiger partial charge >= 0.3 is 5.97 Å². The third kappa shape index (κ3) is 3.39. The van der Waals surface area contributed by atoms with Crippen LogP contribution >= 0.6 is 11.8 Å². The Bertz CT molecular complexity index is 741. The molecule has 1 aromatic carbocycles. The Balaban J connectivity index is 2.60. The Kier molecular flexibility index (Phi) is 5.53. The summed E-state index contributed by atoms with van der Waals surface area (Å²) in [6.45, 7) is 0. The highest BCUT2D eigenvalue weighted by Crippen LogP contribution is 2.37. The first kappa shape index (κ1) is 17.9. The predicted octanol–water partition coefficient (Wildman–Crippen LogP) is 2.38. The lowest BCUT2D eigenvalue weighted by molar-refractivity contribution is -0.384. The number of hydrogen-bond donors (Lipinski definition) is 2. The Morgan fingerprint density at radius 3 is 2.71 bits per heavy atom. The largest absolute Gasteiger partial charge is 0.480 e. The Labute approximate surface area is 143 Å². The van der Waals surface area contributed by atoms with Crippen LogP contribution in [0.15, 0.2) is 48.7 Å². The molecule has 1 heterocycles. The smallest absolute Gasteiger partial charge is 0.330 e. The van der Waals surface area contributed by atoms with E-state index in [4.69, 9.17) is 5.73 Å². The number of pyridine rings is 1. The van der Waals surface area contributed by atoms with Crippen LogP contribution in [0.2, 0.25) is 0 Å². The number of aliphatic carboxylic acids is 1. The average molecular weight is 347 g/mol. The summed E-state index contributed by atoms with van der Waals surface area (Å²) in [6.07, 6.45) is 3.30. The maximum atomic E-state index is 12.0. The van der Waals surface area contributed by atoms with E-state index in [2.05, 4.69) is 4.98 Å². The van der Waals surface area contributed by atoms with Crippen LogP contribution < -0.4 is 5.73 Å². The summed E-state index contributed by atoms with van der Waals surface area (Å²) in [5.74, 6) is -1.54. The number of nitro benzene ring substituents is 1. The highest BCUT2D eigenvalue weighted by atomic mass is 32.2. The lowest BCUT2D eigenvalue weighted by atomic mass is 9.78. The van der Waals surface area contributed by atoms with Gasteiger partial charge in [-0.25, -0.2) is 4.79 Å². The van der Waals surface area contributed by atoms with Crippen molar-refractivity contribution in [3.63, 3.8) is 0 Å². The predicted molar refractivity (Wildman–Crippen MR) is 92.0 cm³/mol. The van der Waals surface area contributed by atoms with Crippen molar-refractivity contribution in [2.24, 2.45) is 5.73 Å². The van der Waals surface area contributed by atoms with Gasteiger partial charge in [-0.2, -0.15) is 11.8 Å². The number of rotatable bonds is 7. The van der Waals surface area contributed by atoms with Crippen molar-refractivity contribution < 1.29 is 14.8 Å². The zero-order valence-electron chi connectivity index (χ0n) is 13.0. The van der Waals surface area contributed by atoms with E-state index in [9.17, 15) is 20.0 Å². The molecule has 0 radical (unpaired) electrons. The molecule has 0 bridgehead atoms. The summed E-state index contributed by atoms with van der Waals surface area (Å²) in [7, 11) is 0. The molecule has 0 aliphatic heterocycles. The second-order valence-corrected chi connectivity index (χ2v) is 6.16. The highest BCUT2D eigenvalue weighted by Gasteiger charge is 2.46. The van der Waals surface area contributed by atoms with Crippen LogP contribution in [0, 0.1) is 10.1 Å². The molecule has 2 aromatic rings. The number of benzene rings is 1. The molecule has 0 fully saturated rings. The van der Waals surface area contributed by atoms with Gasteiger partial charge in [-0.1, -0.05) is 18.2 Å². The molecule has 2 rings (SSSR count). The normalized spacial score (nSPS) is 14.6. The van der Waals surface area contributed by atoms with E-state index >= 15 is 0 Å². The molecule has 7 nitrogen and oxygen atoms in total. The Morgan fingerprint density at radius 1 is 1.42 bits per heavy atom. The number of aromatic nitrogens is 1. The minimum absolute atomic E-state index is 0.104. The number of hydrogen-bond acceptors (Lipinski definition) is 6. The number of thioether (sulfide) groups is 1. The standard InChI is InChI=1S/C16H17N3O4S/c1-24-10-13(11-5-4-6-12(9-11)19(22)23)16(17,15(20)21)14-7-2-3-8-18-14/h2-9,13H,10,17H2,1H3,(H,20,21). The van der Waals surface area contributed by atoms with Crippen LogP contribution in [0.25, 0.3) is 0 Å². The second kappa shape index (κ2) is 7.41. The van der Waals surface area contributed by atoms with Crippen molar-refractivity contribution in [1.82, 2.24) is 4.98 Å². The molecule has 1 aromatic heterocycles. The number of carboxylic acid groups (broad SMARTS) is 1. The number of non-ortho nitro benzene ring substituents is 1. The van der Waals surface area contributed by atoms with E-state index in [0.29, 0.717) is 11.3 Å². The van der Waals surface area contributed by atoms with Crippen molar-refractivity contribution in [1.29, 1.82) is 0 Å². The van der Waals surface area contributed by atoms with E-state index in [1.54, 1.807) is 24.3 Å². The molecule has 2 atom stereocenters. The molecule has 126 valence electrons. The SMILES string of the molecule is CSCC(c1cccc([N+](=O)[O-])c1)C(N)(C(=O)O)c1ccccn1. The van der Waals surface area contributed by atoms with Gasteiger partial charge in [0.05, 0.1) is 10.6 Å². The summed E-state index contributed by atoms with van der Waals surface area (Å²) in [4.78, 5) is 26.6. The fourth-order valence-corrected chi connectivity index (χ4v) is 3.35. The van der Waals surface area contributed by atoms with Crippen molar-refractivity contribution >= 4 is 23.4 Å².